The second-order valence-electron chi connectivity index (χ2n) is 4.53. The van der Waals surface area contributed by atoms with Gasteiger partial charge in [-0.2, -0.15) is 0 Å². The molecule has 0 bridgehead atoms. The van der Waals surface area contributed by atoms with Crippen molar-refractivity contribution in [3.8, 4) is 0 Å². The molecule has 0 aromatic rings. The van der Waals surface area contributed by atoms with Crippen molar-refractivity contribution in [2.45, 2.75) is 40.4 Å². The molecular formula is C11H22O2. The molecule has 1 heterocycles. The fraction of sp³-hybridized carbons (Fsp3) is 1.00. The van der Waals surface area contributed by atoms with Crippen LogP contribution in [0, 0.1) is 17.8 Å². The highest BCUT2D eigenvalue weighted by Crippen LogP contribution is 2.28. The van der Waals surface area contributed by atoms with Crippen LogP contribution in [0.2, 0.25) is 0 Å². The Bertz CT molecular complexity index is 129. The Balaban J connectivity index is 2.52. The third-order valence-electron chi connectivity index (χ3n) is 2.71. The van der Waals surface area contributed by atoms with Crippen LogP contribution in [-0.2, 0) is 9.47 Å². The van der Waals surface area contributed by atoms with Crippen LogP contribution in [0.5, 0.6) is 0 Å². The summed E-state index contributed by atoms with van der Waals surface area (Å²) in [5.74, 6) is 1.78. The van der Waals surface area contributed by atoms with Gasteiger partial charge in [0.25, 0.3) is 0 Å². The molecule has 1 fully saturated rings. The molecule has 0 spiro atoms. The highest BCUT2D eigenvalue weighted by molar-refractivity contribution is 4.72. The Morgan fingerprint density at radius 1 is 0.923 bits per heavy atom. The first-order valence-electron chi connectivity index (χ1n) is 5.36. The molecule has 0 radical (unpaired) electrons. The van der Waals surface area contributed by atoms with Crippen molar-refractivity contribution in [3.05, 3.63) is 0 Å². The van der Waals surface area contributed by atoms with E-state index in [-0.39, 0.29) is 6.29 Å². The van der Waals surface area contributed by atoms with Crippen molar-refractivity contribution in [2.24, 2.45) is 17.8 Å². The van der Waals surface area contributed by atoms with Crippen molar-refractivity contribution in [1.82, 2.24) is 0 Å². The first-order valence-corrected chi connectivity index (χ1v) is 5.36. The van der Waals surface area contributed by atoms with Gasteiger partial charge in [0, 0.05) is 5.92 Å². The van der Waals surface area contributed by atoms with E-state index in [4.69, 9.17) is 9.47 Å². The Morgan fingerprint density at radius 2 is 1.38 bits per heavy atom. The summed E-state index contributed by atoms with van der Waals surface area (Å²) in [5.41, 5.74) is 0. The van der Waals surface area contributed by atoms with Gasteiger partial charge in [-0.3, -0.25) is 0 Å². The highest BCUT2D eigenvalue weighted by Gasteiger charge is 2.30. The summed E-state index contributed by atoms with van der Waals surface area (Å²) >= 11 is 0. The van der Waals surface area contributed by atoms with Gasteiger partial charge < -0.3 is 9.47 Å². The largest absolute Gasteiger partial charge is 0.352 e. The van der Waals surface area contributed by atoms with Crippen molar-refractivity contribution in [3.63, 3.8) is 0 Å². The third kappa shape index (κ3) is 2.96. The summed E-state index contributed by atoms with van der Waals surface area (Å²) in [6.45, 7) is 10.7. The first-order chi connectivity index (χ1) is 6.13. The molecule has 0 aromatic carbocycles. The molecule has 0 N–H and O–H groups in total. The lowest BCUT2D eigenvalue weighted by atomic mass is 9.85. The second-order valence-corrected chi connectivity index (χ2v) is 4.53. The Hall–Kier alpha value is -0.0800. The van der Waals surface area contributed by atoms with Crippen LogP contribution in [-0.4, -0.2) is 19.5 Å². The lowest BCUT2D eigenvalue weighted by Crippen LogP contribution is -2.37. The topological polar surface area (TPSA) is 18.5 Å². The molecule has 0 saturated carbocycles. The predicted molar refractivity (Wildman–Crippen MR) is 53.5 cm³/mol. The van der Waals surface area contributed by atoms with Crippen molar-refractivity contribution in [2.75, 3.05) is 13.2 Å². The Labute approximate surface area is 81.6 Å². The van der Waals surface area contributed by atoms with E-state index in [0.29, 0.717) is 17.8 Å². The molecular weight excluding hydrogens is 164 g/mol. The van der Waals surface area contributed by atoms with Gasteiger partial charge in [-0.15, -0.1) is 0 Å². The summed E-state index contributed by atoms with van der Waals surface area (Å²) in [4.78, 5) is 0. The lowest BCUT2D eigenvalue weighted by molar-refractivity contribution is -0.219. The molecule has 1 aliphatic rings. The molecule has 1 aliphatic heterocycles. The number of rotatable bonds is 3. The van der Waals surface area contributed by atoms with Gasteiger partial charge >= 0.3 is 0 Å². The third-order valence-corrected chi connectivity index (χ3v) is 2.71. The van der Waals surface area contributed by atoms with E-state index in [1.807, 2.05) is 0 Å². The molecule has 0 aromatic heterocycles. The van der Waals surface area contributed by atoms with Crippen LogP contribution in [0.25, 0.3) is 0 Å². The van der Waals surface area contributed by atoms with E-state index in [1.165, 1.54) is 0 Å². The van der Waals surface area contributed by atoms with E-state index in [9.17, 15) is 0 Å². The van der Waals surface area contributed by atoms with Crippen molar-refractivity contribution >= 4 is 0 Å². The summed E-state index contributed by atoms with van der Waals surface area (Å²) in [6, 6.07) is 0. The standard InChI is InChI=1S/C11H22O2/c1-8(2)10(9(3)4)11-12-6-5-7-13-11/h8-11H,5-7H2,1-4H3. The van der Waals surface area contributed by atoms with Gasteiger partial charge in [0.1, 0.15) is 0 Å². The van der Waals surface area contributed by atoms with E-state index in [2.05, 4.69) is 27.7 Å². The Kier molecular flexibility index (Phi) is 4.20. The van der Waals surface area contributed by atoms with Gasteiger partial charge in [0.2, 0.25) is 0 Å². The number of hydrogen-bond donors (Lipinski definition) is 0. The van der Waals surface area contributed by atoms with E-state index < -0.39 is 0 Å². The number of hydrogen-bond acceptors (Lipinski definition) is 2. The van der Waals surface area contributed by atoms with Crippen LogP contribution >= 0.6 is 0 Å². The molecule has 2 heteroatoms. The van der Waals surface area contributed by atoms with Crippen LogP contribution in [0.15, 0.2) is 0 Å². The molecule has 1 saturated heterocycles. The zero-order valence-corrected chi connectivity index (χ0v) is 9.25. The molecule has 0 unspecified atom stereocenters. The van der Waals surface area contributed by atoms with Crippen molar-refractivity contribution in [1.29, 1.82) is 0 Å². The monoisotopic (exact) mass is 186 g/mol. The summed E-state index contributed by atoms with van der Waals surface area (Å²) in [5, 5.41) is 0. The zero-order valence-electron chi connectivity index (χ0n) is 9.25. The van der Waals surface area contributed by atoms with Gasteiger partial charge in [0.15, 0.2) is 6.29 Å². The van der Waals surface area contributed by atoms with Crippen molar-refractivity contribution < 1.29 is 9.47 Å². The minimum atomic E-state index is 0.0359. The lowest BCUT2D eigenvalue weighted by Gasteiger charge is -2.35. The first kappa shape index (κ1) is 11.0. The molecule has 1 rings (SSSR count). The minimum absolute atomic E-state index is 0.0359. The van der Waals surface area contributed by atoms with Crippen LogP contribution in [0.3, 0.4) is 0 Å². The molecule has 0 amide bonds. The minimum Gasteiger partial charge on any atom is -0.352 e. The van der Waals surface area contributed by atoms with Gasteiger partial charge in [-0.25, -0.2) is 0 Å². The molecule has 0 atom stereocenters. The smallest absolute Gasteiger partial charge is 0.160 e. The van der Waals surface area contributed by atoms with Gasteiger partial charge in [0.05, 0.1) is 13.2 Å². The molecule has 2 nitrogen and oxygen atoms in total. The van der Waals surface area contributed by atoms with E-state index in [0.717, 1.165) is 19.6 Å². The van der Waals surface area contributed by atoms with Crippen LogP contribution in [0.1, 0.15) is 34.1 Å². The van der Waals surface area contributed by atoms with Crippen LogP contribution < -0.4 is 0 Å². The number of ether oxygens (including phenoxy) is 2. The van der Waals surface area contributed by atoms with Crippen LogP contribution in [0.4, 0.5) is 0 Å². The average molecular weight is 186 g/mol. The Morgan fingerprint density at radius 3 is 1.77 bits per heavy atom. The summed E-state index contributed by atoms with van der Waals surface area (Å²) in [7, 11) is 0. The predicted octanol–water partition coefficient (Wildman–Crippen LogP) is 2.68. The maximum absolute atomic E-state index is 5.64. The van der Waals surface area contributed by atoms with E-state index >= 15 is 0 Å². The SMILES string of the molecule is CC(C)C(C(C)C)C1OCCCO1. The maximum atomic E-state index is 5.64. The zero-order chi connectivity index (χ0) is 9.84. The average Bonchev–Trinajstić information content (AvgIpc) is 2.04. The summed E-state index contributed by atoms with van der Waals surface area (Å²) in [6.07, 6.45) is 1.08. The second kappa shape index (κ2) is 4.97. The maximum Gasteiger partial charge on any atom is 0.160 e. The quantitative estimate of drug-likeness (QED) is 0.674. The molecule has 13 heavy (non-hydrogen) atoms. The molecule has 78 valence electrons. The van der Waals surface area contributed by atoms with Gasteiger partial charge in [-0.1, -0.05) is 27.7 Å². The normalized spacial score (nSPS) is 20.5. The summed E-state index contributed by atoms with van der Waals surface area (Å²) < 4.78 is 11.3. The van der Waals surface area contributed by atoms with Gasteiger partial charge in [-0.05, 0) is 18.3 Å². The fourth-order valence-electron chi connectivity index (χ4n) is 2.13. The molecule has 0 aliphatic carbocycles. The fourth-order valence-corrected chi connectivity index (χ4v) is 2.13. The van der Waals surface area contributed by atoms with E-state index in [1.54, 1.807) is 0 Å². The highest BCUT2D eigenvalue weighted by atomic mass is 16.7.